The molecular formula is C15H15FN2O2. The molecule has 1 aromatic carbocycles. The fourth-order valence-corrected chi connectivity index (χ4v) is 3.08. The molecular weight excluding hydrogens is 259 g/mol. The van der Waals surface area contributed by atoms with Gasteiger partial charge >= 0.3 is 0 Å². The van der Waals surface area contributed by atoms with Crippen LogP contribution < -0.4 is 5.32 Å². The fourth-order valence-electron chi connectivity index (χ4n) is 3.08. The first-order chi connectivity index (χ1) is 9.65. The topological polar surface area (TPSA) is 62.1 Å². The maximum absolute atomic E-state index is 13.4. The summed E-state index contributed by atoms with van der Waals surface area (Å²) in [7, 11) is 0. The van der Waals surface area contributed by atoms with Crippen LogP contribution in [0, 0.1) is 23.1 Å². The Hall–Kier alpha value is -1.77. The predicted molar refractivity (Wildman–Crippen MR) is 69.7 cm³/mol. The van der Waals surface area contributed by atoms with Crippen molar-refractivity contribution in [3.8, 4) is 6.07 Å². The van der Waals surface area contributed by atoms with Crippen LogP contribution in [0.4, 0.5) is 4.39 Å². The van der Waals surface area contributed by atoms with Crippen LogP contribution >= 0.6 is 0 Å². The molecule has 2 bridgehead atoms. The monoisotopic (exact) mass is 274 g/mol. The first-order valence-corrected chi connectivity index (χ1v) is 6.74. The molecule has 0 aliphatic carbocycles. The SMILES string of the molecule is N#Cc1cc(F)cc(C(=O)C2CC3COCC(C2)N3)c1. The van der Waals surface area contributed by atoms with Gasteiger partial charge in [0, 0.05) is 23.6 Å². The summed E-state index contributed by atoms with van der Waals surface area (Å²) < 4.78 is 18.9. The second kappa shape index (κ2) is 5.31. The van der Waals surface area contributed by atoms with Crippen molar-refractivity contribution in [1.82, 2.24) is 5.32 Å². The van der Waals surface area contributed by atoms with E-state index in [2.05, 4.69) is 5.32 Å². The standard InChI is InChI=1S/C15H15FN2O2/c16-12-2-9(6-17)1-10(3-12)15(19)11-4-13-7-20-8-14(5-11)18-13/h1-3,11,13-14,18H,4-5,7-8H2. The lowest BCUT2D eigenvalue weighted by Gasteiger charge is -2.39. The van der Waals surface area contributed by atoms with Crippen molar-refractivity contribution in [2.24, 2.45) is 5.92 Å². The van der Waals surface area contributed by atoms with Gasteiger partial charge in [-0.1, -0.05) is 0 Å². The Balaban J connectivity index is 1.82. The number of nitrogens with zero attached hydrogens (tertiary/aromatic N) is 1. The summed E-state index contributed by atoms with van der Waals surface area (Å²) in [5.41, 5.74) is 0.484. The van der Waals surface area contributed by atoms with Gasteiger partial charge in [0.2, 0.25) is 0 Å². The number of morpholine rings is 1. The van der Waals surface area contributed by atoms with Gasteiger partial charge in [-0.3, -0.25) is 4.79 Å². The van der Waals surface area contributed by atoms with Crippen LogP contribution in [0.3, 0.4) is 0 Å². The highest BCUT2D eigenvalue weighted by molar-refractivity contribution is 5.98. The van der Waals surface area contributed by atoms with Crippen LogP contribution in [0.1, 0.15) is 28.8 Å². The normalized spacial score (nSPS) is 28.7. The lowest BCUT2D eigenvalue weighted by atomic mass is 9.82. The first-order valence-electron chi connectivity index (χ1n) is 6.74. The number of carbonyl (C=O) groups excluding carboxylic acids is 1. The molecule has 2 unspecified atom stereocenters. The molecule has 0 radical (unpaired) electrons. The summed E-state index contributed by atoms with van der Waals surface area (Å²) >= 11 is 0. The molecule has 0 spiro atoms. The molecule has 2 atom stereocenters. The average Bonchev–Trinajstić information content (AvgIpc) is 2.45. The number of Topliss-reactive ketones (excluding diaryl/α,β-unsaturated/α-hetero) is 1. The summed E-state index contributed by atoms with van der Waals surface area (Å²) in [4.78, 5) is 12.5. The van der Waals surface area contributed by atoms with Gasteiger partial charge < -0.3 is 10.1 Å². The molecule has 20 heavy (non-hydrogen) atoms. The number of ether oxygens (including phenoxy) is 1. The molecule has 1 N–H and O–H groups in total. The Morgan fingerprint density at radius 1 is 1.30 bits per heavy atom. The predicted octanol–water partition coefficient (Wildman–Crippen LogP) is 1.65. The van der Waals surface area contributed by atoms with Crippen molar-refractivity contribution in [2.75, 3.05) is 13.2 Å². The highest BCUT2D eigenvalue weighted by Gasteiger charge is 2.35. The molecule has 3 rings (SSSR count). The number of carbonyl (C=O) groups is 1. The molecule has 5 heteroatoms. The van der Waals surface area contributed by atoms with E-state index in [1.807, 2.05) is 6.07 Å². The van der Waals surface area contributed by atoms with E-state index in [-0.39, 0.29) is 29.3 Å². The number of piperidine rings is 1. The Morgan fingerprint density at radius 2 is 2.00 bits per heavy atom. The van der Waals surface area contributed by atoms with Gasteiger partial charge in [0.15, 0.2) is 5.78 Å². The Bertz CT molecular complexity index is 570. The van der Waals surface area contributed by atoms with Crippen molar-refractivity contribution in [1.29, 1.82) is 5.26 Å². The number of ketones is 1. The van der Waals surface area contributed by atoms with E-state index in [9.17, 15) is 9.18 Å². The van der Waals surface area contributed by atoms with Gasteiger partial charge in [0.1, 0.15) is 5.82 Å². The first kappa shape index (κ1) is 13.2. The number of rotatable bonds is 2. The van der Waals surface area contributed by atoms with E-state index >= 15 is 0 Å². The van der Waals surface area contributed by atoms with Crippen molar-refractivity contribution in [2.45, 2.75) is 24.9 Å². The maximum Gasteiger partial charge on any atom is 0.166 e. The summed E-state index contributed by atoms with van der Waals surface area (Å²) in [6, 6.07) is 6.10. The van der Waals surface area contributed by atoms with Crippen LogP contribution in [0.2, 0.25) is 0 Å². The molecule has 2 heterocycles. The molecule has 0 amide bonds. The number of benzene rings is 1. The quantitative estimate of drug-likeness (QED) is 0.833. The van der Waals surface area contributed by atoms with Crippen LogP contribution in [0.25, 0.3) is 0 Å². The van der Waals surface area contributed by atoms with Gasteiger partial charge in [-0.15, -0.1) is 0 Å². The van der Waals surface area contributed by atoms with Crippen molar-refractivity contribution < 1.29 is 13.9 Å². The summed E-state index contributed by atoms with van der Waals surface area (Å²) in [5.74, 6) is -0.729. The average molecular weight is 274 g/mol. The molecule has 2 aliphatic rings. The molecule has 2 saturated heterocycles. The van der Waals surface area contributed by atoms with Crippen molar-refractivity contribution >= 4 is 5.78 Å². The number of hydrogen-bond acceptors (Lipinski definition) is 4. The van der Waals surface area contributed by atoms with Crippen molar-refractivity contribution in [3.63, 3.8) is 0 Å². The molecule has 2 fully saturated rings. The summed E-state index contributed by atoms with van der Waals surface area (Å²) in [6.45, 7) is 1.24. The Kier molecular flexibility index (Phi) is 3.51. The third-order valence-electron chi connectivity index (χ3n) is 3.93. The van der Waals surface area contributed by atoms with Crippen LogP contribution in [-0.4, -0.2) is 31.1 Å². The minimum absolute atomic E-state index is 0.0700. The summed E-state index contributed by atoms with van der Waals surface area (Å²) in [5, 5.41) is 12.3. The lowest BCUT2D eigenvalue weighted by molar-refractivity contribution is 0.00952. The molecule has 2 aliphatic heterocycles. The van der Waals surface area contributed by atoms with E-state index in [4.69, 9.17) is 10.00 Å². The number of hydrogen-bond donors (Lipinski definition) is 1. The zero-order valence-corrected chi connectivity index (χ0v) is 10.9. The molecule has 0 aromatic heterocycles. The van der Waals surface area contributed by atoms with Gasteiger partial charge in [-0.05, 0) is 31.0 Å². The van der Waals surface area contributed by atoms with Crippen LogP contribution in [0.5, 0.6) is 0 Å². The minimum atomic E-state index is -0.537. The van der Waals surface area contributed by atoms with Crippen LogP contribution in [-0.2, 0) is 4.74 Å². The highest BCUT2D eigenvalue weighted by Crippen LogP contribution is 2.27. The number of fused-ring (bicyclic) bond motifs is 2. The zero-order chi connectivity index (χ0) is 14.1. The van der Waals surface area contributed by atoms with Gasteiger partial charge in [0.25, 0.3) is 0 Å². The minimum Gasteiger partial charge on any atom is -0.378 e. The van der Waals surface area contributed by atoms with E-state index in [0.29, 0.717) is 31.6 Å². The second-order valence-electron chi connectivity index (χ2n) is 5.47. The zero-order valence-electron chi connectivity index (χ0n) is 10.9. The van der Waals surface area contributed by atoms with Crippen molar-refractivity contribution in [3.05, 3.63) is 35.1 Å². The van der Waals surface area contributed by atoms with E-state index in [1.165, 1.54) is 12.1 Å². The summed E-state index contributed by atoms with van der Waals surface area (Å²) in [6.07, 6.45) is 1.40. The lowest BCUT2D eigenvalue weighted by Crippen LogP contribution is -2.55. The largest absolute Gasteiger partial charge is 0.378 e. The third kappa shape index (κ3) is 2.58. The third-order valence-corrected chi connectivity index (χ3v) is 3.93. The molecule has 1 aromatic rings. The van der Waals surface area contributed by atoms with E-state index in [0.717, 1.165) is 6.07 Å². The van der Waals surface area contributed by atoms with Gasteiger partial charge in [0.05, 0.1) is 24.8 Å². The number of nitriles is 1. The number of halogens is 1. The fraction of sp³-hybridized carbons (Fsp3) is 0.467. The van der Waals surface area contributed by atoms with E-state index < -0.39 is 5.82 Å². The highest BCUT2D eigenvalue weighted by atomic mass is 19.1. The Morgan fingerprint density at radius 3 is 2.65 bits per heavy atom. The second-order valence-corrected chi connectivity index (χ2v) is 5.47. The smallest absolute Gasteiger partial charge is 0.166 e. The molecule has 4 nitrogen and oxygen atoms in total. The Labute approximate surface area is 116 Å². The number of nitrogens with one attached hydrogen (secondary N) is 1. The van der Waals surface area contributed by atoms with Crippen LogP contribution in [0.15, 0.2) is 18.2 Å². The molecule has 104 valence electrons. The van der Waals surface area contributed by atoms with Gasteiger partial charge in [-0.2, -0.15) is 5.26 Å². The van der Waals surface area contributed by atoms with Gasteiger partial charge in [-0.25, -0.2) is 4.39 Å². The maximum atomic E-state index is 13.4. The molecule has 0 saturated carbocycles. The van der Waals surface area contributed by atoms with E-state index in [1.54, 1.807) is 0 Å².